The number of halogens is 1. The highest BCUT2D eigenvalue weighted by molar-refractivity contribution is 9.10. The number of thiophene rings is 1. The van der Waals surface area contributed by atoms with Gasteiger partial charge in [0.2, 0.25) is 0 Å². The van der Waals surface area contributed by atoms with Crippen LogP contribution in [-0.2, 0) is 0 Å². The Balaban J connectivity index is 1.87. The topological polar surface area (TPSA) is 41.6 Å². The molecule has 0 amide bonds. The van der Waals surface area contributed by atoms with Crippen molar-refractivity contribution >= 4 is 33.2 Å². The number of hydrogen-bond donors (Lipinski definition) is 1. The quantitative estimate of drug-likeness (QED) is 0.904. The predicted octanol–water partition coefficient (Wildman–Crippen LogP) is 3.43. The Morgan fingerprint density at radius 1 is 1.44 bits per heavy atom. The SMILES string of the molecule is Cc1sc(C2CN=C(N)N2C2CCCC2)cc1Br. The van der Waals surface area contributed by atoms with Gasteiger partial charge in [-0.25, -0.2) is 0 Å². The molecule has 2 N–H and O–H groups in total. The second kappa shape index (κ2) is 4.85. The van der Waals surface area contributed by atoms with Gasteiger partial charge in [-0.3, -0.25) is 4.99 Å². The highest BCUT2D eigenvalue weighted by Gasteiger charge is 2.35. The van der Waals surface area contributed by atoms with E-state index in [-0.39, 0.29) is 0 Å². The van der Waals surface area contributed by atoms with E-state index in [1.165, 1.54) is 39.9 Å². The Morgan fingerprint density at radius 3 is 2.78 bits per heavy atom. The summed E-state index contributed by atoms with van der Waals surface area (Å²) in [5.74, 6) is 0.745. The molecule has 1 atom stereocenters. The molecule has 3 nitrogen and oxygen atoms in total. The second-order valence-corrected chi connectivity index (χ2v) is 7.26. The van der Waals surface area contributed by atoms with Crippen LogP contribution in [0, 0.1) is 6.92 Å². The van der Waals surface area contributed by atoms with Crippen LogP contribution < -0.4 is 5.73 Å². The lowest BCUT2D eigenvalue weighted by atomic mass is 10.1. The molecule has 2 heterocycles. The maximum atomic E-state index is 6.10. The molecule has 0 spiro atoms. The summed E-state index contributed by atoms with van der Waals surface area (Å²) in [4.78, 5) is 9.56. The van der Waals surface area contributed by atoms with Gasteiger partial charge in [0, 0.05) is 20.3 Å². The molecule has 1 aromatic rings. The minimum atomic E-state index is 0.364. The number of hydrogen-bond acceptors (Lipinski definition) is 4. The molecule has 1 unspecified atom stereocenters. The first-order chi connectivity index (χ1) is 8.66. The van der Waals surface area contributed by atoms with Crippen molar-refractivity contribution in [2.75, 3.05) is 6.54 Å². The summed E-state index contributed by atoms with van der Waals surface area (Å²) < 4.78 is 1.21. The number of nitrogens with zero attached hydrogens (tertiary/aromatic N) is 2. The van der Waals surface area contributed by atoms with Gasteiger partial charge in [0.25, 0.3) is 0 Å². The van der Waals surface area contributed by atoms with Crippen LogP contribution >= 0.6 is 27.3 Å². The van der Waals surface area contributed by atoms with E-state index < -0.39 is 0 Å². The van der Waals surface area contributed by atoms with Crippen LogP contribution in [0.1, 0.15) is 41.5 Å². The van der Waals surface area contributed by atoms with E-state index >= 15 is 0 Å². The zero-order chi connectivity index (χ0) is 12.7. The number of rotatable bonds is 2. The zero-order valence-corrected chi connectivity index (χ0v) is 12.9. The van der Waals surface area contributed by atoms with Crippen molar-refractivity contribution in [1.29, 1.82) is 0 Å². The lowest BCUT2D eigenvalue weighted by Crippen LogP contribution is -2.42. The van der Waals surface area contributed by atoms with Crippen molar-refractivity contribution in [3.05, 3.63) is 20.3 Å². The van der Waals surface area contributed by atoms with Crippen LogP contribution in [0.3, 0.4) is 0 Å². The summed E-state index contributed by atoms with van der Waals surface area (Å²) in [6, 6.07) is 3.20. The van der Waals surface area contributed by atoms with Gasteiger partial charge in [-0.1, -0.05) is 12.8 Å². The molecule has 5 heteroatoms. The fourth-order valence-electron chi connectivity index (χ4n) is 3.01. The molecule has 18 heavy (non-hydrogen) atoms. The van der Waals surface area contributed by atoms with Crippen LogP contribution in [0.2, 0.25) is 0 Å². The predicted molar refractivity (Wildman–Crippen MR) is 80.1 cm³/mol. The highest BCUT2D eigenvalue weighted by Crippen LogP contribution is 2.38. The third kappa shape index (κ3) is 2.07. The van der Waals surface area contributed by atoms with Crippen molar-refractivity contribution in [1.82, 2.24) is 4.90 Å². The van der Waals surface area contributed by atoms with Crippen molar-refractivity contribution in [2.24, 2.45) is 10.7 Å². The minimum Gasteiger partial charge on any atom is -0.370 e. The molecule has 1 aliphatic heterocycles. The Kier molecular flexibility index (Phi) is 3.36. The van der Waals surface area contributed by atoms with E-state index in [9.17, 15) is 0 Å². The molecule has 0 aromatic carbocycles. The fourth-order valence-corrected chi connectivity index (χ4v) is 4.66. The average molecular weight is 328 g/mol. The van der Waals surface area contributed by atoms with Gasteiger partial charge in [0.1, 0.15) is 0 Å². The third-order valence-corrected chi connectivity index (χ3v) is 6.19. The van der Waals surface area contributed by atoms with Gasteiger partial charge >= 0.3 is 0 Å². The van der Waals surface area contributed by atoms with Crippen molar-refractivity contribution < 1.29 is 0 Å². The summed E-state index contributed by atoms with van der Waals surface area (Å²) in [5, 5.41) is 0. The molecular formula is C13H18BrN3S. The van der Waals surface area contributed by atoms with Crippen LogP contribution in [0.4, 0.5) is 0 Å². The largest absolute Gasteiger partial charge is 0.370 e. The van der Waals surface area contributed by atoms with Crippen LogP contribution in [-0.4, -0.2) is 23.4 Å². The van der Waals surface area contributed by atoms with Crippen molar-refractivity contribution in [3.63, 3.8) is 0 Å². The van der Waals surface area contributed by atoms with Gasteiger partial charge in [0.15, 0.2) is 5.96 Å². The van der Waals surface area contributed by atoms with Gasteiger partial charge < -0.3 is 10.6 Å². The minimum absolute atomic E-state index is 0.364. The lowest BCUT2D eigenvalue weighted by Gasteiger charge is -2.31. The summed E-state index contributed by atoms with van der Waals surface area (Å²) in [5.41, 5.74) is 6.10. The molecule has 1 saturated carbocycles. The van der Waals surface area contributed by atoms with E-state index in [0.717, 1.165) is 12.5 Å². The molecule has 2 aliphatic rings. The molecule has 3 rings (SSSR count). The first kappa shape index (κ1) is 12.5. The molecular weight excluding hydrogens is 310 g/mol. The van der Waals surface area contributed by atoms with E-state index in [1.54, 1.807) is 0 Å². The summed E-state index contributed by atoms with van der Waals surface area (Å²) in [6.07, 6.45) is 5.18. The first-order valence-corrected chi connectivity index (χ1v) is 8.12. The molecule has 1 aliphatic carbocycles. The van der Waals surface area contributed by atoms with E-state index in [1.807, 2.05) is 11.3 Å². The van der Waals surface area contributed by atoms with Gasteiger partial charge in [-0.2, -0.15) is 0 Å². The standard InChI is InChI=1S/C13H18BrN3S/c1-8-10(14)6-12(18-8)11-7-16-13(15)17(11)9-4-2-3-5-9/h6,9,11H,2-5,7H2,1H3,(H2,15,16). The second-order valence-electron chi connectivity index (χ2n) is 5.11. The number of aliphatic imine (C=N–C) groups is 1. The maximum absolute atomic E-state index is 6.10. The summed E-state index contributed by atoms with van der Waals surface area (Å²) in [6.45, 7) is 2.96. The van der Waals surface area contributed by atoms with E-state index in [0.29, 0.717) is 12.1 Å². The van der Waals surface area contributed by atoms with Gasteiger partial charge in [0.05, 0.1) is 12.6 Å². The Hall–Kier alpha value is -0.550. The zero-order valence-electron chi connectivity index (χ0n) is 10.5. The number of nitrogens with two attached hydrogens (primary N) is 1. The molecule has 1 aromatic heterocycles. The Morgan fingerprint density at radius 2 is 2.17 bits per heavy atom. The van der Waals surface area contributed by atoms with Crippen molar-refractivity contribution in [2.45, 2.75) is 44.7 Å². The fraction of sp³-hybridized carbons (Fsp3) is 0.615. The normalized spacial score (nSPS) is 24.9. The molecule has 98 valence electrons. The molecule has 0 radical (unpaired) electrons. The Bertz CT molecular complexity index is 457. The van der Waals surface area contributed by atoms with Crippen LogP contribution in [0.5, 0.6) is 0 Å². The summed E-state index contributed by atoms with van der Waals surface area (Å²) in [7, 11) is 0. The van der Waals surface area contributed by atoms with Gasteiger partial charge in [-0.15, -0.1) is 11.3 Å². The van der Waals surface area contributed by atoms with Gasteiger partial charge in [-0.05, 0) is 41.8 Å². The monoisotopic (exact) mass is 327 g/mol. The smallest absolute Gasteiger partial charge is 0.192 e. The van der Waals surface area contributed by atoms with Crippen LogP contribution in [0.15, 0.2) is 15.5 Å². The molecule has 1 fully saturated rings. The number of aryl methyl sites for hydroxylation is 1. The molecule has 0 bridgehead atoms. The first-order valence-electron chi connectivity index (χ1n) is 6.51. The molecule has 0 saturated heterocycles. The lowest BCUT2D eigenvalue weighted by molar-refractivity contribution is 0.265. The Labute approximate surface area is 120 Å². The maximum Gasteiger partial charge on any atom is 0.192 e. The summed E-state index contributed by atoms with van der Waals surface area (Å²) >= 11 is 5.46. The highest BCUT2D eigenvalue weighted by atomic mass is 79.9. The van der Waals surface area contributed by atoms with E-state index in [2.05, 4.69) is 38.8 Å². The third-order valence-electron chi connectivity index (χ3n) is 3.95. The number of guanidine groups is 1. The van der Waals surface area contributed by atoms with Crippen molar-refractivity contribution in [3.8, 4) is 0 Å². The van der Waals surface area contributed by atoms with Crippen LogP contribution in [0.25, 0.3) is 0 Å². The van der Waals surface area contributed by atoms with E-state index in [4.69, 9.17) is 5.73 Å². The average Bonchev–Trinajstić information content (AvgIpc) is 3.01.